The summed E-state index contributed by atoms with van der Waals surface area (Å²) in [6, 6.07) is 4.20. The molecule has 0 aliphatic heterocycles. The number of hydrogen-bond acceptors (Lipinski definition) is 5. The predicted octanol–water partition coefficient (Wildman–Crippen LogP) is 3.25. The first-order valence-corrected chi connectivity index (χ1v) is 8.20. The van der Waals surface area contributed by atoms with Crippen LogP contribution in [-0.4, -0.2) is 31.6 Å². The van der Waals surface area contributed by atoms with Gasteiger partial charge in [-0.3, -0.25) is 9.36 Å². The first-order chi connectivity index (χ1) is 9.50. The fourth-order valence-electron chi connectivity index (χ4n) is 1.93. The van der Waals surface area contributed by atoms with Crippen molar-refractivity contribution in [2.24, 2.45) is 0 Å². The van der Waals surface area contributed by atoms with Gasteiger partial charge in [-0.25, -0.2) is 0 Å². The zero-order valence-electron chi connectivity index (χ0n) is 11.6. The van der Waals surface area contributed by atoms with E-state index in [9.17, 15) is 4.79 Å². The number of hydrogen-bond donors (Lipinski definition) is 1. The van der Waals surface area contributed by atoms with E-state index in [4.69, 9.17) is 5.11 Å². The molecule has 5 nitrogen and oxygen atoms in total. The minimum atomic E-state index is -0.848. The summed E-state index contributed by atoms with van der Waals surface area (Å²) >= 11 is 2.89. The quantitative estimate of drug-likeness (QED) is 0.829. The lowest BCUT2D eigenvalue weighted by Crippen LogP contribution is -2.12. The lowest BCUT2D eigenvalue weighted by Gasteiger charge is -2.18. The zero-order valence-corrected chi connectivity index (χ0v) is 13.2. The van der Waals surface area contributed by atoms with Crippen LogP contribution in [0.15, 0.2) is 22.7 Å². The molecule has 0 aromatic carbocycles. The third-order valence-electron chi connectivity index (χ3n) is 2.87. The van der Waals surface area contributed by atoms with Crippen molar-refractivity contribution in [3.63, 3.8) is 0 Å². The van der Waals surface area contributed by atoms with E-state index >= 15 is 0 Å². The first-order valence-electron chi connectivity index (χ1n) is 6.33. The Hall–Kier alpha value is -1.34. The lowest BCUT2D eigenvalue weighted by molar-refractivity contribution is -0.133. The van der Waals surface area contributed by atoms with E-state index in [-0.39, 0.29) is 17.7 Å². The molecular formula is C13H17N3O2S2. The van der Waals surface area contributed by atoms with Gasteiger partial charge in [0.1, 0.15) is 5.82 Å². The maximum absolute atomic E-state index is 10.7. The van der Waals surface area contributed by atoms with E-state index in [0.717, 1.165) is 5.82 Å². The summed E-state index contributed by atoms with van der Waals surface area (Å²) in [4.78, 5) is 12.0. The van der Waals surface area contributed by atoms with Gasteiger partial charge in [0.15, 0.2) is 5.16 Å². The van der Waals surface area contributed by atoms with Gasteiger partial charge in [-0.2, -0.15) is 0 Å². The van der Waals surface area contributed by atoms with Gasteiger partial charge in [-0.05, 0) is 18.4 Å². The van der Waals surface area contributed by atoms with E-state index in [2.05, 4.69) is 37.0 Å². The second kappa shape index (κ2) is 6.41. The molecule has 108 valence electrons. The van der Waals surface area contributed by atoms with Gasteiger partial charge in [0.05, 0.1) is 11.8 Å². The molecule has 0 amide bonds. The van der Waals surface area contributed by atoms with E-state index in [1.165, 1.54) is 16.6 Å². The molecule has 0 saturated heterocycles. The number of carboxylic acids is 1. The Bertz CT molecular complexity index is 578. The lowest BCUT2D eigenvalue weighted by atomic mass is 10.2. The van der Waals surface area contributed by atoms with Crippen molar-refractivity contribution < 1.29 is 9.90 Å². The number of aliphatic carboxylic acids is 1. The van der Waals surface area contributed by atoms with E-state index in [0.29, 0.717) is 5.16 Å². The summed E-state index contributed by atoms with van der Waals surface area (Å²) in [5.41, 5.74) is 0. The van der Waals surface area contributed by atoms with Gasteiger partial charge in [0.25, 0.3) is 0 Å². The number of carbonyl (C=O) groups is 1. The molecule has 2 heterocycles. The van der Waals surface area contributed by atoms with Crippen molar-refractivity contribution in [3.05, 3.63) is 28.2 Å². The molecule has 0 aliphatic rings. The van der Waals surface area contributed by atoms with Crippen LogP contribution in [0.1, 0.15) is 43.4 Å². The van der Waals surface area contributed by atoms with Gasteiger partial charge in [-0.15, -0.1) is 21.5 Å². The minimum absolute atomic E-state index is 0.00656. The third-order valence-corrected chi connectivity index (χ3v) is 4.84. The van der Waals surface area contributed by atoms with Gasteiger partial charge in [-0.1, -0.05) is 31.7 Å². The molecule has 2 aromatic rings. The molecule has 0 aliphatic carbocycles. The van der Waals surface area contributed by atoms with Crippen molar-refractivity contribution >= 4 is 29.1 Å². The number of rotatable bonds is 6. The van der Waals surface area contributed by atoms with Gasteiger partial charge in [0.2, 0.25) is 0 Å². The van der Waals surface area contributed by atoms with E-state index < -0.39 is 5.97 Å². The average molecular weight is 311 g/mol. The summed E-state index contributed by atoms with van der Waals surface area (Å²) in [5, 5.41) is 19.9. The van der Waals surface area contributed by atoms with Crippen LogP contribution in [0, 0.1) is 0 Å². The maximum Gasteiger partial charge on any atom is 0.313 e. The zero-order chi connectivity index (χ0) is 14.7. The van der Waals surface area contributed by atoms with Crippen molar-refractivity contribution in [2.75, 3.05) is 5.75 Å². The molecule has 1 N–H and O–H groups in total. The number of carboxylic acid groups (broad SMARTS) is 1. The fraction of sp³-hybridized carbons (Fsp3) is 0.462. The molecule has 0 saturated carbocycles. The predicted molar refractivity (Wildman–Crippen MR) is 80.6 cm³/mol. The van der Waals surface area contributed by atoms with Gasteiger partial charge >= 0.3 is 5.97 Å². The number of thioether (sulfide) groups is 1. The van der Waals surface area contributed by atoms with Crippen molar-refractivity contribution in [1.82, 2.24) is 14.8 Å². The van der Waals surface area contributed by atoms with Crippen molar-refractivity contribution in [2.45, 2.75) is 37.9 Å². The van der Waals surface area contributed by atoms with Crippen LogP contribution in [0.3, 0.4) is 0 Å². The normalized spacial score (nSPS) is 12.8. The Morgan fingerprint density at radius 1 is 1.45 bits per heavy atom. The fourth-order valence-corrected chi connectivity index (χ4v) is 3.44. The topological polar surface area (TPSA) is 68.0 Å². The SMILES string of the molecule is CC(C)c1nnc(SCC(=O)O)n1C(C)c1cccs1. The number of nitrogens with zero attached hydrogens (tertiary/aromatic N) is 3. The Morgan fingerprint density at radius 2 is 2.20 bits per heavy atom. The molecule has 0 spiro atoms. The van der Waals surface area contributed by atoms with Crippen LogP contribution < -0.4 is 0 Å². The first kappa shape index (κ1) is 15.1. The van der Waals surface area contributed by atoms with Gasteiger partial charge < -0.3 is 5.11 Å². The summed E-state index contributed by atoms with van der Waals surface area (Å²) in [6.07, 6.45) is 0. The van der Waals surface area contributed by atoms with Crippen LogP contribution in [0.25, 0.3) is 0 Å². The highest BCUT2D eigenvalue weighted by Crippen LogP contribution is 2.30. The molecule has 20 heavy (non-hydrogen) atoms. The Balaban J connectivity index is 2.36. The van der Waals surface area contributed by atoms with Crippen molar-refractivity contribution in [1.29, 1.82) is 0 Å². The highest BCUT2D eigenvalue weighted by molar-refractivity contribution is 7.99. The molecule has 0 radical (unpaired) electrons. The molecule has 2 rings (SSSR count). The third kappa shape index (κ3) is 3.21. The minimum Gasteiger partial charge on any atom is -0.481 e. The van der Waals surface area contributed by atoms with Crippen LogP contribution in [-0.2, 0) is 4.79 Å². The Kier molecular flexibility index (Phi) is 4.82. The van der Waals surface area contributed by atoms with E-state index in [1.807, 2.05) is 16.0 Å². The smallest absolute Gasteiger partial charge is 0.313 e. The molecule has 1 unspecified atom stereocenters. The van der Waals surface area contributed by atoms with Gasteiger partial charge in [0, 0.05) is 10.8 Å². The summed E-state index contributed by atoms with van der Waals surface area (Å²) in [6.45, 7) is 6.21. The summed E-state index contributed by atoms with van der Waals surface area (Å²) in [5.74, 6) is 0.273. The second-order valence-corrected chi connectivity index (χ2v) is 6.66. The Labute approximate surface area is 126 Å². The number of thiophene rings is 1. The summed E-state index contributed by atoms with van der Waals surface area (Å²) < 4.78 is 2.05. The Morgan fingerprint density at radius 3 is 2.75 bits per heavy atom. The standard InChI is InChI=1S/C13H17N3O2S2/c1-8(2)12-14-15-13(20-7-11(17)18)16(12)9(3)10-5-4-6-19-10/h4-6,8-9H,7H2,1-3H3,(H,17,18). The van der Waals surface area contributed by atoms with Crippen LogP contribution in [0.5, 0.6) is 0 Å². The monoisotopic (exact) mass is 311 g/mol. The summed E-state index contributed by atoms with van der Waals surface area (Å²) in [7, 11) is 0. The second-order valence-electron chi connectivity index (χ2n) is 4.74. The molecule has 0 fully saturated rings. The molecule has 1 atom stereocenters. The number of aromatic nitrogens is 3. The van der Waals surface area contributed by atoms with Crippen LogP contribution in [0.2, 0.25) is 0 Å². The van der Waals surface area contributed by atoms with Crippen LogP contribution in [0.4, 0.5) is 0 Å². The molecular weight excluding hydrogens is 294 g/mol. The molecule has 7 heteroatoms. The highest BCUT2D eigenvalue weighted by atomic mass is 32.2. The highest BCUT2D eigenvalue weighted by Gasteiger charge is 2.22. The van der Waals surface area contributed by atoms with E-state index in [1.54, 1.807) is 11.3 Å². The van der Waals surface area contributed by atoms with Crippen LogP contribution >= 0.6 is 23.1 Å². The average Bonchev–Trinajstić information content (AvgIpc) is 3.04. The molecule has 2 aromatic heterocycles. The van der Waals surface area contributed by atoms with Crippen molar-refractivity contribution in [3.8, 4) is 0 Å². The molecule has 0 bridgehead atoms. The maximum atomic E-state index is 10.7. The largest absolute Gasteiger partial charge is 0.481 e.